The zero-order valence-electron chi connectivity index (χ0n) is 9.85. The summed E-state index contributed by atoms with van der Waals surface area (Å²) in [5.74, 6) is -1.16. The van der Waals surface area contributed by atoms with Crippen molar-refractivity contribution >= 4 is 17.0 Å². The first-order valence-electron chi connectivity index (χ1n) is 5.33. The van der Waals surface area contributed by atoms with E-state index in [9.17, 15) is 14.4 Å². The second-order valence-corrected chi connectivity index (χ2v) is 3.80. The molecule has 18 heavy (non-hydrogen) atoms. The van der Waals surface area contributed by atoms with Crippen molar-refractivity contribution in [3.05, 3.63) is 38.2 Å². The number of carboxylic acid groups (broad SMARTS) is 1. The van der Waals surface area contributed by atoms with Gasteiger partial charge in [0, 0.05) is 12.7 Å². The summed E-state index contributed by atoms with van der Waals surface area (Å²) in [6.45, 7) is 3.60. The first-order chi connectivity index (χ1) is 8.47. The number of rotatable bonds is 2. The van der Waals surface area contributed by atoms with Crippen LogP contribution in [-0.2, 0) is 6.54 Å². The van der Waals surface area contributed by atoms with Gasteiger partial charge in [0.2, 0.25) is 0 Å². The van der Waals surface area contributed by atoms with Gasteiger partial charge >= 0.3 is 11.7 Å². The molecule has 7 heteroatoms. The van der Waals surface area contributed by atoms with Gasteiger partial charge in [-0.15, -0.1) is 0 Å². The zero-order chi connectivity index (χ0) is 13.4. The molecule has 2 N–H and O–H groups in total. The lowest BCUT2D eigenvalue weighted by atomic mass is 10.1. The van der Waals surface area contributed by atoms with Crippen LogP contribution in [0.2, 0.25) is 0 Å². The Balaban J connectivity index is 3.05. The molecule has 0 saturated carbocycles. The third kappa shape index (κ3) is 1.60. The number of fused-ring (bicyclic) bond motifs is 1. The van der Waals surface area contributed by atoms with Gasteiger partial charge < -0.3 is 5.11 Å². The Bertz CT molecular complexity index is 757. The van der Waals surface area contributed by atoms with Crippen molar-refractivity contribution < 1.29 is 9.90 Å². The van der Waals surface area contributed by atoms with E-state index in [-0.39, 0.29) is 16.6 Å². The molecule has 0 aliphatic heterocycles. The third-order valence-corrected chi connectivity index (χ3v) is 2.81. The minimum Gasteiger partial charge on any atom is -0.478 e. The predicted octanol–water partition coefficient (Wildman–Crippen LogP) is 0.111. The SMILES string of the molecule is CCn1c(=O)[nH]c(=O)c2c(C)c(C(=O)O)cnc21. The van der Waals surface area contributed by atoms with E-state index in [2.05, 4.69) is 9.97 Å². The second-order valence-electron chi connectivity index (χ2n) is 3.80. The zero-order valence-corrected chi connectivity index (χ0v) is 9.85. The smallest absolute Gasteiger partial charge is 0.337 e. The average Bonchev–Trinajstić information content (AvgIpc) is 2.28. The topological polar surface area (TPSA) is 105 Å². The van der Waals surface area contributed by atoms with Gasteiger partial charge in [0.25, 0.3) is 5.56 Å². The molecule has 2 aromatic rings. The Kier molecular flexibility index (Phi) is 2.74. The van der Waals surface area contributed by atoms with Crippen LogP contribution in [0.1, 0.15) is 22.8 Å². The summed E-state index contributed by atoms with van der Waals surface area (Å²) >= 11 is 0. The second kappa shape index (κ2) is 4.10. The molecule has 0 spiro atoms. The van der Waals surface area contributed by atoms with E-state index in [1.165, 1.54) is 11.5 Å². The quantitative estimate of drug-likeness (QED) is 0.786. The molecule has 0 unspecified atom stereocenters. The summed E-state index contributed by atoms with van der Waals surface area (Å²) < 4.78 is 1.29. The molecule has 2 rings (SSSR count). The first-order valence-corrected chi connectivity index (χ1v) is 5.33. The lowest BCUT2D eigenvalue weighted by Crippen LogP contribution is -2.31. The van der Waals surface area contributed by atoms with Crippen LogP contribution in [0.4, 0.5) is 0 Å². The van der Waals surface area contributed by atoms with Gasteiger partial charge in [-0.2, -0.15) is 0 Å². The molecular formula is C11H11N3O4. The summed E-state index contributed by atoms with van der Waals surface area (Å²) in [7, 11) is 0. The summed E-state index contributed by atoms with van der Waals surface area (Å²) in [6, 6.07) is 0. The molecule has 0 saturated heterocycles. The Morgan fingerprint density at radius 1 is 1.50 bits per heavy atom. The average molecular weight is 249 g/mol. The van der Waals surface area contributed by atoms with Crippen molar-refractivity contribution in [2.45, 2.75) is 20.4 Å². The van der Waals surface area contributed by atoms with E-state index in [4.69, 9.17) is 5.11 Å². The highest BCUT2D eigenvalue weighted by molar-refractivity contribution is 5.94. The summed E-state index contributed by atoms with van der Waals surface area (Å²) in [4.78, 5) is 40.4. The number of nitrogens with zero attached hydrogens (tertiary/aromatic N) is 2. The maximum Gasteiger partial charge on any atom is 0.337 e. The number of pyridine rings is 1. The highest BCUT2D eigenvalue weighted by Crippen LogP contribution is 2.15. The van der Waals surface area contributed by atoms with Gasteiger partial charge in [-0.3, -0.25) is 14.3 Å². The van der Waals surface area contributed by atoms with E-state index >= 15 is 0 Å². The van der Waals surface area contributed by atoms with Crippen LogP contribution in [0.3, 0.4) is 0 Å². The fourth-order valence-electron chi connectivity index (χ4n) is 1.90. The third-order valence-electron chi connectivity index (χ3n) is 2.81. The highest BCUT2D eigenvalue weighted by Gasteiger charge is 2.16. The number of carbonyl (C=O) groups is 1. The van der Waals surface area contributed by atoms with Crippen LogP contribution in [0.5, 0.6) is 0 Å². The molecule has 94 valence electrons. The van der Waals surface area contributed by atoms with Gasteiger partial charge in [0.15, 0.2) is 0 Å². The fraction of sp³-hybridized carbons (Fsp3) is 0.273. The monoisotopic (exact) mass is 249 g/mol. The number of aromatic nitrogens is 3. The lowest BCUT2D eigenvalue weighted by molar-refractivity contribution is 0.0696. The molecule has 0 bridgehead atoms. The maximum absolute atomic E-state index is 11.8. The van der Waals surface area contributed by atoms with Crippen LogP contribution in [0.25, 0.3) is 11.0 Å². The van der Waals surface area contributed by atoms with Gasteiger partial charge in [-0.1, -0.05) is 0 Å². The standard InChI is InChI=1S/C11H11N3O4/c1-3-14-8-7(9(15)13-11(14)18)5(2)6(4-12-8)10(16)17/h4H,3H2,1-2H3,(H,16,17)(H,13,15,18). The molecule has 7 nitrogen and oxygen atoms in total. The minimum absolute atomic E-state index is 0.0469. The minimum atomic E-state index is -1.16. The van der Waals surface area contributed by atoms with Crippen molar-refractivity contribution in [1.29, 1.82) is 0 Å². The van der Waals surface area contributed by atoms with Crippen LogP contribution in [0, 0.1) is 6.92 Å². The number of aromatic amines is 1. The number of aromatic carboxylic acids is 1. The predicted molar refractivity (Wildman–Crippen MR) is 64.0 cm³/mol. The van der Waals surface area contributed by atoms with Gasteiger partial charge in [0.1, 0.15) is 5.65 Å². The van der Waals surface area contributed by atoms with Crippen molar-refractivity contribution in [2.75, 3.05) is 0 Å². The number of aryl methyl sites for hydroxylation is 2. The molecule has 2 aromatic heterocycles. The summed E-state index contributed by atoms with van der Waals surface area (Å²) in [5, 5.41) is 9.11. The van der Waals surface area contributed by atoms with Crippen LogP contribution in [0.15, 0.2) is 15.8 Å². The van der Waals surface area contributed by atoms with Crippen LogP contribution >= 0.6 is 0 Å². The summed E-state index contributed by atoms with van der Waals surface area (Å²) in [5.41, 5.74) is -0.711. The molecule has 0 aliphatic carbocycles. The lowest BCUT2D eigenvalue weighted by Gasteiger charge is -2.08. The maximum atomic E-state index is 11.8. The number of H-pyrrole nitrogens is 1. The molecule has 0 aromatic carbocycles. The van der Waals surface area contributed by atoms with E-state index in [1.54, 1.807) is 6.92 Å². The molecule has 0 amide bonds. The van der Waals surface area contributed by atoms with E-state index in [0.717, 1.165) is 6.20 Å². The van der Waals surface area contributed by atoms with E-state index < -0.39 is 17.2 Å². The largest absolute Gasteiger partial charge is 0.478 e. The normalized spacial score (nSPS) is 10.8. The van der Waals surface area contributed by atoms with Crippen molar-refractivity contribution in [2.24, 2.45) is 0 Å². The first kappa shape index (κ1) is 12.0. The van der Waals surface area contributed by atoms with Crippen molar-refractivity contribution in [3.63, 3.8) is 0 Å². The summed E-state index contributed by atoms with van der Waals surface area (Å²) in [6.07, 6.45) is 1.16. The van der Waals surface area contributed by atoms with Gasteiger partial charge in [-0.25, -0.2) is 14.6 Å². The molecule has 0 radical (unpaired) electrons. The molecular weight excluding hydrogens is 238 g/mol. The number of hydrogen-bond donors (Lipinski definition) is 2. The molecule has 2 heterocycles. The molecule has 0 atom stereocenters. The van der Waals surface area contributed by atoms with Crippen molar-refractivity contribution in [1.82, 2.24) is 14.5 Å². The van der Waals surface area contributed by atoms with Crippen LogP contribution < -0.4 is 11.2 Å². The van der Waals surface area contributed by atoms with Crippen molar-refractivity contribution in [3.8, 4) is 0 Å². The van der Waals surface area contributed by atoms with E-state index in [0.29, 0.717) is 12.1 Å². The Morgan fingerprint density at radius 2 is 2.17 bits per heavy atom. The Hall–Kier alpha value is -2.44. The molecule has 0 aliphatic rings. The highest BCUT2D eigenvalue weighted by atomic mass is 16.4. The Labute approximate surface area is 101 Å². The van der Waals surface area contributed by atoms with Crippen LogP contribution in [-0.4, -0.2) is 25.6 Å². The van der Waals surface area contributed by atoms with E-state index in [1.807, 2.05) is 0 Å². The molecule has 0 fully saturated rings. The van der Waals surface area contributed by atoms with Gasteiger partial charge in [0.05, 0.1) is 10.9 Å². The Morgan fingerprint density at radius 3 is 2.72 bits per heavy atom. The number of hydrogen-bond acceptors (Lipinski definition) is 4. The van der Waals surface area contributed by atoms with Gasteiger partial charge in [-0.05, 0) is 19.4 Å². The number of carboxylic acids is 1. The fourth-order valence-corrected chi connectivity index (χ4v) is 1.90. The number of nitrogens with one attached hydrogen (secondary N) is 1.